The van der Waals surface area contributed by atoms with Crippen molar-refractivity contribution < 1.29 is 0 Å². The van der Waals surface area contributed by atoms with Crippen molar-refractivity contribution in [1.82, 2.24) is 0 Å². The maximum absolute atomic E-state index is 6.14. The number of nitrogens with two attached hydrogens (primary N) is 1. The molecule has 0 radical (unpaired) electrons. The molecule has 2 aromatic carbocycles. The van der Waals surface area contributed by atoms with Gasteiger partial charge in [0.25, 0.3) is 0 Å². The molecule has 0 aromatic heterocycles. The van der Waals surface area contributed by atoms with E-state index in [2.05, 4.69) is 62.1 Å². The highest BCUT2D eigenvalue weighted by atomic mass is 15.2. The Morgan fingerprint density at radius 1 is 1.05 bits per heavy atom. The molecule has 2 aromatic rings. The van der Waals surface area contributed by atoms with Crippen LogP contribution in [0.25, 0.3) is 0 Å². The number of nitrogens with zero attached hydrogens (tertiary/aromatic N) is 1. The van der Waals surface area contributed by atoms with Crippen LogP contribution in [0, 0.1) is 6.92 Å². The largest absolute Gasteiger partial charge is 0.397 e. The van der Waals surface area contributed by atoms with Gasteiger partial charge < -0.3 is 10.6 Å². The van der Waals surface area contributed by atoms with Gasteiger partial charge in [0.15, 0.2) is 0 Å². The zero-order chi connectivity index (χ0) is 13.8. The number of rotatable bonds is 4. The number of aryl methyl sites for hydroxylation is 1. The van der Waals surface area contributed by atoms with Crippen LogP contribution >= 0.6 is 0 Å². The molecule has 19 heavy (non-hydrogen) atoms. The van der Waals surface area contributed by atoms with Crippen LogP contribution in [0.2, 0.25) is 0 Å². The van der Waals surface area contributed by atoms with E-state index in [1.165, 1.54) is 11.1 Å². The van der Waals surface area contributed by atoms with Gasteiger partial charge in [0, 0.05) is 12.6 Å². The molecular formula is C17H22N2. The molecule has 2 N–H and O–H groups in total. The van der Waals surface area contributed by atoms with E-state index < -0.39 is 0 Å². The second-order valence-electron chi connectivity index (χ2n) is 5.27. The van der Waals surface area contributed by atoms with Crippen molar-refractivity contribution in [3.05, 3.63) is 59.7 Å². The van der Waals surface area contributed by atoms with Crippen molar-refractivity contribution in [2.45, 2.75) is 33.4 Å². The number of hydrogen-bond donors (Lipinski definition) is 1. The molecule has 100 valence electrons. The Balaban J connectivity index is 2.32. The van der Waals surface area contributed by atoms with Gasteiger partial charge in [-0.3, -0.25) is 0 Å². The standard InChI is InChI=1S/C17H22N2/c1-13(2)19(12-15-7-5-4-6-8-15)17-11-14(3)9-10-16(17)18/h4-11,13H,12,18H2,1-3H3. The van der Waals surface area contributed by atoms with Crippen molar-refractivity contribution >= 4 is 11.4 Å². The predicted molar refractivity (Wildman–Crippen MR) is 83.4 cm³/mol. The fraction of sp³-hybridized carbons (Fsp3) is 0.294. The summed E-state index contributed by atoms with van der Waals surface area (Å²) in [6.07, 6.45) is 0. The minimum Gasteiger partial charge on any atom is -0.397 e. The number of benzene rings is 2. The highest BCUT2D eigenvalue weighted by Gasteiger charge is 2.14. The smallest absolute Gasteiger partial charge is 0.0607 e. The summed E-state index contributed by atoms with van der Waals surface area (Å²) in [5.74, 6) is 0. The lowest BCUT2D eigenvalue weighted by Crippen LogP contribution is -2.30. The summed E-state index contributed by atoms with van der Waals surface area (Å²) in [5.41, 5.74) is 10.6. The van der Waals surface area contributed by atoms with E-state index in [1.54, 1.807) is 0 Å². The summed E-state index contributed by atoms with van der Waals surface area (Å²) in [6, 6.07) is 17.1. The quantitative estimate of drug-likeness (QED) is 0.836. The average Bonchev–Trinajstić information content (AvgIpc) is 2.40. The number of anilines is 2. The van der Waals surface area contributed by atoms with E-state index >= 15 is 0 Å². The van der Waals surface area contributed by atoms with E-state index in [0.29, 0.717) is 6.04 Å². The highest BCUT2D eigenvalue weighted by molar-refractivity contribution is 5.69. The molecule has 0 spiro atoms. The van der Waals surface area contributed by atoms with Crippen molar-refractivity contribution in [2.75, 3.05) is 10.6 Å². The second kappa shape index (κ2) is 5.79. The first kappa shape index (κ1) is 13.5. The number of nitrogen functional groups attached to an aromatic ring is 1. The Hall–Kier alpha value is -1.96. The summed E-state index contributed by atoms with van der Waals surface area (Å²) in [5, 5.41) is 0. The van der Waals surface area contributed by atoms with Crippen LogP contribution in [-0.4, -0.2) is 6.04 Å². The third-order valence-corrected chi connectivity index (χ3v) is 3.31. The molecule has 0 aliphatic rings. The topological polar surface area (TPSA) is 29.3 Å². The van der Waals surface area contributed by atoms with Crippen LogP contribution in [0.3, 0.4) is 0 Å². The lowest BCUT2D eigenvalue weighted by Gasteiger charge is -2.30. The number of hydrogen-bond acceptors (Lipinski definition) is 2. The van der Waals surface area contributed by atoms with E-state index in [4.69, 9.17) is 5.73 Å². The first-order valence-electron chi connectivity index (χ1n) is 6.74. The summed E-state index contributed by atoms with van der Waals surface area (Å²) in [4.78, 5) is 2.34. The molecule has 2 nitrogen and oxygen atoms in total. The monoisotopic (exact) mass is 254 g/mol. The second-order valence-corrected chi connectivity index (χ2v) is 5.27. The molecule has 0 aliphatic heterocycles. The van der Waals surface area contributed by atoms with Crippen LogP contribution in [0.4, 0.5) is 11.4 Å². The van der Waals surface area contributed by atoms with Gasteiger partial charge in [-0.25, -0.2) is 0 Å². The van der Waals surface area contributed by atoms with E-state index in [-0.39, 0.29) is 0 Å². The summed E-state index contributed by atoms with van der Waals surface area (Å²) in [7, 11) is 0. The molecule has 0 amide bonds. The van der Waals surface area contributed by atoms with Gasteiger partial charge in [0.05, 0.1) is 11.4 Å². The van der Waals surface area contributed by atoms with Crippen molar-refractivity contribution in [2.24, 2.45) is 0 Å². The Bertz CT molecular complexity index is 532. The van der Waals surface area contributed by atoms with Crippen molar-refractivity contribution in [3.63, 3.8) is 0 Å². The Kier molecular flexibility index (Phi) is 4.10. The third kappa shape index (κ3) is 3.28. The van der Waals surface area contributed by atoms with Crippen LogP contribution in [0.5, 0.6) is 0 Å². The van der Waals surface area contributed by atoms with E-state index in [1.807, 2.05) is 12.1 Å². The Morgan fingerprint density at radius 2 is 1.74 bits per heavy atom. The van der Waals surface area contributed by atoms with Gasteiger partial charge in [-0.2, -0.15) is 0 Å². The van der Waals surface area contributed by atoms with Crippen LogP contribution in [0.1, 0.15) is 25.0 Å². The molecule has 0 atom stereocenters. The fourth-order valence-electron chi connectivity index (χ4n) is 2.23. The summed E-state index contributed by atoms with van der Waals surface area (Å²) >= 11 is 0. The summed E-state index contributed by atoms with van der Waals surface area (Å²) < 4.78 is 0. The van der Waals surface area contributed by atoms with E-state index in [0.717, 1.165) is 17.9 Å². The van der Waals surface area contributed by atoms with Gasteiger partial charge in [0.1, 0.15) is 0 Å². The molecule has 0 unspecified atom stereocenters. The molecule has 0 fully saturated rings. The van der Waals surface area contributed by atoms with Crippen molar-refractivity contribution in [1.29, 1.82) is 0 Å². The molecule has 2 rings (SSSR count). The van der Waals surface area contributed by atoms with Gasteiger partial charge >= 0.3 is 0 Å². The lowest BCUT2D eigenvalue weighted by molar-refractivity contribution is 0.683. The molecule has 0 aliphatic carbocycles. The zero-order valence-corrected chi connectivity index (χ0v) is 11.9. The Labute approximate surface area is 115 Å². The maximum Gasteiger partial charge on any atom is 0.0607 e. The molecule has 0 bridgehead atoms. The molecule has 2 heteroatoms. The highest BCUT2D eigenvalue weighted by Crippen LogP contribution is 2.27. The predicted octanol–water partition coefficient (Wildman–Crippen LogP) is 3.99. The third-order valence-electron chi connectivity index (χ3n) is 3.31. The van der Waals surface area contributed by atoms with Gasteiger partial charge in [0.2, 0.25) is 0 Å². The van der Waals surface area contributed by atoms with E-state index in [9.17, 15) is 0 Å². The molecule has 0 heterocycles. The molecule has 0 saturated carbocycles. The van der Waals surface area contributed by atoms with Gasteiger partial charge in [-0.15, -0.1) is 0 Å². The molecule has 0 saturated heterocycles. The minimum absolute atomic E-state index is 0.407. The normalized spacial score (nSPS) is 10.7. The zero-order valence-electron chi connectivity index (χ0n) is 11.9. The SMILES string of the molecule is Cc1ccc(N)c(N(Cc2ccccc2)C(C)C)c1. The Morgan fingerprint density at radius 3 is 2.37 bits per heavy atom. The van der Waals surface area contributed by atoms with Crippen LogP contribution in [-0.2, 0) is 6.54 Å². The average molecular weight is 254 g/mol. The van der Waals surface area contributed by atoms with Crippen LogP contribution in [0.15, 0.2) is 48.5 Å². The van der Waals surface area contributed by atoms with Gasteiger partial charge in [-0.1, -0.05) is 36.4 Å². The first-order chi connectivity index (χ1) is 9.08. The van der Waals surface area contributed by atoms with Crippen molar-refractivity contribution in [3.8, 4) is 0 Å². The lowest BCUT2D eigenvalue weighted by atomic mass is 10.1. The van der Waals surface area contributed by atoms with Gasteiger partial charge in [-0.05, 0) is 44.0 Å². The molecular weight excluding hydrogens is 232 g/mol. The fourth-order valence-corrected chi connectivity index (χ4v) is 2.23. The maximum atomic E-state index is 6.14. The first-order valence-corrected chi connectivity index (χ1v) is 6.74. The minimum atomic E-state index is 0.407. The summed E-state index contributed by atoms with van der Waals surface area (Å²) in [6.45, 7) is 7.38. The van der Waals surface area contributed by atoms with Crippen LogP contribution < -0.4 is 10.6 Å².